The van der Waals surface area contributed by atoms with Crippen LogP contribution in [-0.4, -0.2) is 63.5 Å². The van der Waals surface area contributed by atoms with E-state index >= 15 is 0 Å². The summed E-state index contributed by atoms with van der Waals surface area (Å²) in [5.74, 6) is -0.204. The molecule has 148 valence electrons. The van der Waals surface area contributed by atoms with E-state index in [0.717, 1.165) is 12.8 Å². The molecule has 2 saturated heterocycles. The molecule has 8 heteroatoms. The highest BCUT2D eigenvalue weighted by atomic mass is 16.7. The van der Waals surface area contributed by atoms with Crippen LogP contribution in [-0.2, 0) is 23.7 Å². The van der Waals surface area contributed by atoms with Gasteiger partial charge in [-0.25, -0.2) is 9.59 Å². The van der Waals surface area contributed by atoms with Gasteiger partial charge < -0.3 is 28.4 Å². The smallest absolute Gasteiger partial charge is 0.453 e. The topological polar surface area (TPSA) is 89.5 Å². The van der Waals surface area contributed by atoms with Crippen LogP contribution in [0.5, 0.6) is 5.75 Å². The van der Waals surface area contributed by atoms with E-state index in [1.54, 1.807) is 7.11 Å². The Balaban J connectivity index is 1.50. The molecule has 3 unspecified atom stereocenters. The van der Waals surface area contributed by atoms with Gasteiger partial charge in [0.05, 0.1) is 25.4 Å². The van der Waals surface area contributed by atoms with Crippen LogP contribution in [0, 0.1) is 0 Å². The molecule has 1 aromatic carbocycles. The summed E-state index contributed by atoms with van der Waals surface area (Å²) in [7, 11) is 1.60. The fourth-order valence-electron chi connectivity index (χ4n) is 3.02. The summed E-state index contributed by atoms with van der Waals surface area (Å²) in [6.45, 7) is 3.00. The van der Waals surface area contributed by atoms with Crippen LogP contribution in [0.25, 0.3) is 0 Å². The number of benzene rings is 1. The summed E-state index contributed by atoms with van der Waals surface area (Å²) in [6, 6.07) is 6.08. The number of esters is 1. The highest BCUT2D eigenvalue weighted by Gasteiger charge is 2.49. The molecule has 2 aliphatic rings. The minimum Gasteiger partial charge on any atom is -0.453 e. The first-order chi connectivity index (χ1) is 13.1. The first kappa shape index (κ1) is 19.6. The Morgan fingerprint density at radius 1 is 1.07 bits per heavy atom. The van der Waals surface area contributed by atoms with Gasteiger partial charge in [0.15, 0.2) is 6.10 Å². The maximum absolute atomic E-state index is 12.4. The third-order valence-corrected chi connectivity index (χ3v) is 4.53. The lowest BCUT2D eigenvalue weighted by atomic mass is 10.1. The van der Waals surface area contributed by atoms with Crippen LogP contribution in [0.3, 0.4) is 0 Å². The Morgan fingerprint density at radius 3 is 2.41 bits per heavy atom. The van der Waals surface area contributed by atoms with Crippen LogP contribution >= 0.6 is 0 Å². The van der Waals surface area contributed by atoms with Crippen molar-refractivity contribution < 1.29 is 38.0 Å². The van der Waals surface area contributed by atoms with Crippen LogP contribution in [0.15, 0.2) is 24.3 Å². The highest BCUT2D eigenvalue weighted by Crippen LogP contribution is 2.30. The predicted octanol–water partition coefficient (Wildman–Crippen LogP) is 2.34. The van der Waals surface area contributed by atoms with Crippen molar-refractivity contribution in [2.45, 2.75) is 44.2 Å². The molecule has 2 heterocycles. The largest absolute Gasteiger partial charge is 0.513 e. The van der Waals surface area contributed by atoms with Crippen LogP contribution in [0.4, 0.5) is 4.79 Å². The number of ether oxygens (including phenoxy) is 6. The molecular weight excluding hydrogens is 356 g/mol. The molecule has 0 radical (unpaired) electrons. The fourth-order valence-corrected chi connectivity index (χ4v) is 3.02. The monoisotopic (exact) mass is 380 g/mol. The first-order valence-corrected chi connectivity index (χ1v) is 9.04. The second kappa shape index (κ2) is 9.16. The third-order valence-electron chi connectivity index (χ3n) is 4.53. The maximum Gasteiger partial charge on any atom is 0.513 e. The quantitative estimate of drug-likeness (QED) is 0.405. The molecule has 2 aliphatic heterocycles. The zero-order valence-corrected chi connectivity index (χ0v) is 15.4. The third kappa shape index (κ3) is 4.77. The Kier molecular flexibility index (Phi) is 6.65. The van der Waals surface area contributed by atoms with E-state index in [4.69, 9.17) is 28.4 Å². The Bertz CT molecular complexity index is 644. The number of fused-ring (bicyclic) bond motifs is 1. The van der Waals surface area contributed by atoms with E-state index in [1.807, 2.05) is 6.92 Å². The average molecular weight is 380 g/mol. The van der Waals surface area contributed by atoms with E-state index in [-0.39, 0.29) is 24.9 Å². The summed E-state index contributed by atoms with van der Waals surface area (Å²) < 4.78 is 32.0. The molecule has 0 saturated carbocycles. The summed E-state index contributed by atoms with van der Waals surface area (Å²) in [5.41, 5.74) is 0.339. The zero-order valence-electron chi connectivity index (χ0n) is 15.4. The normalized spacial score (nSPS) is 26.4. The van der Waals surface area contributed by atoms with Crippen LogP contribution < -0.4 is 4.74 Å². The number of hydrogen-bond donors (Lipinski definition) is 0. The summed E-state index contributed by atoms with van der Waals surface area (Å²) in [6.07, 6.45) is -0.226. The molecule has 0 N–H and O–H groups in total. The molecular formula is C19H24O8. The van der Waals surface area contributed by atoms with Crippen molar-refractivity contribution in [2.24, 2.45) is 0 Å². The van der Waals surface area contributed by atoms with Gasteiger partial charge in [0.1, 0.15) is 24.1 Å². The van der Waals surface area contributed by atoms with Gasteiger partial charge in [-0.15, -0.1) is 0 Å². The van der Waals surface area contributed by atoms with Crippen molar-refractivity contribution in [1.82, 2.24) is 0 Å². The van der Waals surface area contributed by atoms with Crippen molar-refractivity contribution >= 4 is 12.1 Å². The first-order valence-electron chi connectivity index (χ1n) is 9.04. The van der Waals surface area contributed by atoms with Gasteiger partial charge in [-0.2, -0.15) is 0 Å². The number of carbonyl (C=O) groups is 2. The second-order valence-electron chi connectivity index (χ2n) is 6.39. The highest BCUT2D eigenvalue weighted by molar-refractivity contribution is 5.89. The lowest BCUT2D eigenvalue weighted by molar-refractivity contribution is -0.0280. The summed E-state index contributed by atoms with van der Waals surface area (Å²) in [5, 5.41) is 0. The minimum atomic E-state index is -0.765. The molecule has 1 aromatic rings. The Hall–Kier alpha value is -2.16. The minimum absolute atomic E-state index is 0.146. The maximum atomic E-state index is 12.4. The molecule has 0 aliphatic carbocycles. The van der Waals surface area contributed by atoms with Crippen LogP contribution in [0.2, 0.25) is 0 Å². The second-order valence-corrected chi connectivity index (χ2v) is 6.39. The Labute approximate surface area is 157 Å². The molecule has 3 rings (SSSR count). The van der Waals surface area contributed by atoms with Gasteiger partial charge in [0, 0.05) is 7.11 Å². The van der Waals surface area contributed by atoms with E-state index in [2.05, 4.69) is 0 Å². The van der Waals surface area contributed by atoms with E-state index in [1.165, 1.54) is 24.3 Å². The molecule has 0 aromatic heterocycles. The predicted molar refractivity (Wildman–Crippen MR) is 92.8 cm³/mol. The van der Waals surface area contributed by atoms with Crippen molar-refractivity contribution in [3.63, 3.8) is 0 Å². The van der Waals surface area contributed by atoms with Gasteiger partial charge in [-0.1, -0.05) is 13.3 Å². The molecule has 4 atom stereocenters. The molecule has 0 amide bonds. The lowest BCUT2D eigenvalue weighted by Gasteiger charge is -2.16. The molecule has 8 nitrogen and oxygen atoms in total. The number of hydrogen-bond acceptors (Lipinski definition) is 8. The van der Waals surface area contributed by atoms with Crippen molar-refractivity contribution in [2.75, 3.05) is 26.9 Å². The van der Waals surface area contributed by atoms with E-state index in [9.17, 15) is 9.59 Å². The number of rotatable bonds is 7. The van der Waals surface area contributed by atoms with Gasteiger partial charge in [0.25, 0.3) is 0 Å². The number of carbonyl (C=O) groups excluding carboxylic acids is 2. The average Bonchev–Trinajstić information content (AvgIpc) is 3.25. The standard InChI is InChI=1S/C19H24O8/c1-3-4-9-23-19(21)26-13-7-5-12(6-8-13)18(20)27-15-11-25-16-14(22-2)10-24-17(15)16/h5-8,14-17H,3-4,9-11H2,1-2H3/t14?,15-,16?,17?/m0/s1. The van der Waals surface area contributed by atoms with Gasteiger partial charge >= 0.3 is 12.1 Å². The Morgan fingerprint density at radius 2 is 1.74 bits per heavy atom. The van der Waals surface area contributed by atoms with Gasteiger partial charge in [0.2, 0.25) is 0 Å². The van der Waals surface area contributed by atoms with Gasteiger partial charge in [-0.3, -0.25) is 0 Å². The van der Waals surface area contributed by atoms with Gasteiger partial charge in [-0.05, 0) is 30.7 Å². The van der Waals surface area contributed by atoms with Crippen LogP contribution in [0.1, 0.15) is 30.1 Å². The SMILES string of the molecule is CCCCOC(=O)Oc1ccc(C(=O)O[C@H]2COC3C(OC)COC32)cc1. The van der Waals surface area contributed by atoms with E-state index < -0.39 is 18.2 Å². The fraction of sp³-hybridized carbons (Fsp3) is 0.579. The number of unbranched alkanes of at least 4 members (excludes halogenated alkanes) is 1. The lowest BCUT2D eigenvalue weighted by Crippen LogP contribution is -2.34. The number of methoxy groups -OCH3 is 1. The van der Waals surface area contributed by atoms with Crippen molar-refractivity contribution in [3.05, 3.63) is 29.8 Å². The summed E-state index contributed by atoms with van der Waals surface area (Å²) in [4.78, 5) is 23.9. The zero-order chi connectivity index (χ0) is 19.2. The van der Waals surface area contributed by atoms with E-state index in [0.29, 0.717) is 24.5 Å². The summed E-state index contributed by atoms with van der Waals surface area (Å²) >= 11 is 0. The van der Waals surface area contributed by atoms with Crippen molar-refractivity contribution in [3.8, 4) is 5.75 Å². The molecule has 27 heavy (non-hydrogen) atoms. The molecule has 2 fully saturated rings. The molecule has 0 spiro atoms. The van der Waals surface area contributed by atoms with Crippen molar-refractivity contribution in [1.29, 1.82) is 0 Å². The molecule has 0 bridgehead atoms.